The van der Waals surface area contributed by atoms with Crippen molar-refractivity contribution < 1.29 is 0 Å². The molecule has 3 aliphatic rings. The average molecular weight is 211 g/mol. The maximum absolute atomic E-state index is 3.71. The van der Waals surface area contributed by atoms with Crippen LogP contribution in [0.5, 0.6) is 0 Å². The molecule has 3 aliphatic heterocycles. The van der Waals surface area contributed by atoms with Crippen molar-refractivity contribution in [3.8, 4) is 0 Å². The minimum Gasteiger partial charge on any atom is -0.312 e. The SMILES string of the molecule is CCCNC(CC)C1CN2CCN1CC2. The lowest BCUT2D eigenvalue weighted by Crippen LogP contribution is -2.66. The number of rotatable bonds is 5. The van der Waals surface area contributed by atoms with Crippen LogP contribution < -0.4 is 5.32 Å². The van der Waals surface area contributed by atoms with E-state index >= 15 is 0 Å². The number of nitrogens with one attached hydrogen (secondary N) is 1. The van der Waals surface area contributed by atoms with Gasteiger partial charge in [-0.2, -0.15) is 0 Å². The second-order valence-corrected chi connectivity index (χ2v) is 4.87. The topological polar surface area (TPSA) is 18.5 Å². The number of piperazine rings is 3. The van der Waals surface area contributed by atoms with Crippen LogP contribution in [0.3, 0.4) is 0 Å². The standard InChI is InChI=1S/C12H25N3/c1-3-5-13-11(4-2)12-10-14-6-8-15(12)9-7-14/h11-13H,3-10H2,1-2H3. The van der Waals surface area contributed by atoms with Gasteiger partial charge in [0.2, 0.25) is 0 Å². The van der Waals surface area contributed by atoms with E-state index in [9.17, 15) is 0 Å². The van der Waals surface area contributed by atoms with Crippen LogP contribution in [0.4, 0.5) is 0 Å². The van der Waals surface area contributed by atoms with Crippen LogP contribution in [-0.2, 0) is 0 Å². The molecule has 0 aromatic heterocycles. The van der Waals surface area contributed by atoms with Crippen molar-refractivity contribution in [2.45, 2.75) is 38.8 Å². The van der Waals surface area contributed by atoms with E-state index in [4.69, 9.17) is 0 Å². The summed E-state index contributed by atoms with van der Waals surface area (Å²) in [7, 11) is 0. The van der Waals surface area contributed by atoms with Gasteiger partial charge in [0.1, 0.15) is 0 Å². The first-order valence-electron chi connectivity index (χ1n) is 6.55. The van der Waals surface area contributed by atoms with Gasteiger partial charge < -0.3 is 5.32 Å². The molecule has 0 aromatic rings. The Morgan fingerprint density at radius 2 is 1.93 bits per heavy atom. The van der Waals surface area contributed by atoms with Gasteiger partial charge in [0.25, 0.3) is 0 Å². The van der Waals surface area contributed by atoms with Gasteiger partial charge in [-0.15, -0.1) is 0 Å². The van der Waals surface area contributed by atoms with Gasteiger partial charge in [0.15, 0.2) is 0 Å². The van der Waals surface area contributed by atoms with Crippen LogP contribution in [-0.4, -0.2) is 61.2 Å². The molecule has 3 rings (SSSR count). The van der Waals surface area contributed by atoms with Gasteiger partial charge in [0, 0.05) is 44.8 Å². The Hall–Kier alpha value is -0.120. The Morgan fingerprint density at radius 3 is 2.40 bits per heavy atom. The van der Waals surface area contributed by atoms with Crippen LogP contribution in [0.2, 0.25) is 0 Å². The zero-order chi connectivity index (χ0) is 10.7. The van der Waals surface area contributed by atoms with Crippen LogP contribution in [0.15, 0.2) is 0 Å². The van der Waals surface area contributed by atoms with E-state index < -0.39 is 0 Å². The molecule has 2 unspecified atom stereocenters. The summed E-state index contributed by atoms with van der Waals surface area (Å²) < 4.78 is 0. The van der Waals surface area contributed by atoms with E-state index in [1.807, 2.05) is 0 Å². The average Bonchev–Trinajstić information content (AvgIpc) is 2.32. The molecular formula is C12H25N3. The van der Waals surface area contributed by atoms with E-state index in [2.05, 4.69) is 29.0 Å². The molecule has 1 N–H and O–H groups in total. The first-order chi connectivity index (χ1) is 7.35. The Morgan fingerprint density at radius 1 is 1.20 bits per heavy atom. The van der Waals surface area contributed by atoms with Crippen molar-refractivity contribution in [3.05, 3.63) is 0 Å². The molecule has 0 saturated carbocycles. The van der Waals surface area contributed by atoms with E-state index in [1.54, 1.807) is 0 Å². The van der Waals surface area contributed by atoms with Crippen LogP contribution in [0, 0.1) is 0 Å². The molecule has 0 amide bonds. The van der Waals surface area contributed by atoms with Gasteiger partial charge in [-0.1, -0.05) is 13.8 Å². The minimum absolute atomic E-state index is 0.702. The summed E-state index contributed by atoms with van der Waals surface area (Å²) in [4.78, 5) is 5.32. The number of fused-ring (bicyclic) bond motifs is 3. The molecule has 3 fully saturated rings. The summed E-state index contributed by atoms with van der Waals surface area (Å²) in [5, 5.41) is 3.71. The van der Waals surface area contributed by atoms with Gasteiger partial charge in [-0.3, -0.25) is 9.80 Å². The highest BCUT2D eigenvalue weighted by Crippen LogP contribution is 2.19. The normalized spacial score (nSPS) is 36.8. The van der Waals surface area contributed by atoms with Crippen LogP contribution in [0.1, 0.15) is 26.7 Å². The Labute approximate surface area is 93.8 Å². The van der Waals surface area contributed by atoms with Crippen LogP contribution in [0.25, 0.3) is 0 Å². The van der Waals surface area contributed by atoms with Crippen molar-refractivity contribution in [3.63, 3.8) is 0 Å². The first kappa shape index (κ1) is 11.4. The van der Waals surface area contributed by atoms with E-state index in [1.165, 1.54) is 52.1 Å². The zero-order valence-corrected chi connectivity index (χ0v) is 10.2. The summed E-state index contributed by atoms with van der Waals surface area (Å²) in [6, 6.07) is 1.47. The smallest absolute Gasteiger partial charge is 0.0377 e. The molecule has 88 valence electrons. The molecule has 3 nitrogen and oxygen atoms in total. The molecule has 2 bridgehead atoms. The summed E-state index contributed by atoms with van der Waals surface area (Å²) in [5.41, 5.74) is 0. The predicted molar refractivity (Wildman–Crippen MR) is 64.2 cm³/mol. The fraction of sp³-hybridized carbons (Fsp3) is 1.00. The van der Waals surface area contributed by atoms with Gasteiger partial charge in [-0.05, 0) is 19.4 Å². The number of nitrogens with zero attached hydrogens (tertiary/aromatic N) is 2. The molecule has 3 heteroatoms. The molecule has 3 saturated heterocycles. The van der Waals surface area contributed by atoms with E-state index in [0.717, 1.165) is 6.04 Å². The third-order valence-electron chi connectivity index (χ3n) is 3.88. The lowest BCUT2D eigenvalue weighted by Gasteiger charge is -2.50. The third-order valence-corrected chi connectivity index (χ3v) is 3.88. The van der Waals surface area contributed by atoms with E-state index in [0.29, 0.717) is 6.04 Å². The molecule has 2 atom stereocenters. The summed E-state index contributed by atoms with van der Waals surface area (Å²) in [6.07, 6.45) is 2.50. The molecule has 0 aromatic carbocycles. The fourth-order valence-corrected chi connectivity index (χ4v) is 2.92. The van der Waals surface area contributed by atoms with Crippen molar-refractivity contribution in [1.82, 2.24) is 15.1 Å². The Bertz CT molecular complexity index is 187. The molecule has 0 spiro atoms. The Kier molecular flexibility index (Phi) is 4.00. The maximum atomic E-state index is 3.71. The van der Waals surface area contributed by atoms with Gasteiger partial charge in [-0.25, -0.2) is 0 Å². The van der Waals surface area contributed by atoms with Crippen molar-refractivity contribution >= 4 is 0 Å². The molecule has 0 radical (unpaired) electrons. The lowest BCUT2D eigenvalue weighted by molar-refractivity contribution is -0.00370. The maximum Gasteiger partial charge on any atom is 0.0377 e. The van der Waals surface area contributed by atoms with Crippen molar-refractivity contribution in [1.29, 1.82) is 0 Å². The van der Waals surface area contributed by atoms with Gasteiger partial charge in [0.05, 0.1) is 0 Å². The minimum atomic E-state index is 0.702. The number of hydrogen-bond donors (Lipinski definition) is 1. The van der Waals surface area contributed by atoms with Crippen molar-refractivity contribution in [2.75, 3.05) is 39.3 Å². The highest BCUT2D eigenvalue weighted by atomic mass is 15.4. The molecular weight excluding hydrogens is 186 g/mol. The summed E-state index contributed by atoms with van der Waals surface area (Å²) in [6.45, 7) is 12.2. The second kappa shape index (κ2) is 5.28. The quantitative estimate of drug-likeness (QED) is 0.724. The number of hydrogen-bond acceptors (Lipinski definition) is 3. The Balaban J connectivity index is 1.90. The summed E-state index contributed by atoms with van der Waals surface area (Å²) in [5.74, 6) is 0. The highest BCUT2D eigenvalue weighted by molar-refractivity contribution is 4.94. The molecule has 3 heterocycles. The highest BCUT2D eigenvalue weighted by Gasteiger charge is 2.35. The largest absolute Gasteiger partial charge is 0.312 e. The van der Waals surface area contributed by atoms with Gasteiger partial charge >= 0.3 is 0 Å². The summed E-state index contributed by atoms with van der Waals surface area (Å²) >= 11 is 0. The second-order valence-electron chi connectivity index (χ2n) is 4.87. The van der Waals surface area contributed by atoms with Crippen molar-refractivity contribution in [2.24, 2.45) is 0 Å². The molecule has 0 aliphatic carbocycles. The fourth-order valence-electron chi connectivity index (χ4n) is 2.92. The zero-order valence-electron chi connectivity index (χ0n) is 10.2. The lowest BCUT2D eigenvalue weighted by atomic mass is 9.98. The van der Waals surface area contributed by atoms with Crippen LogP contribution >= 0.6 is 0 Å². The first-order valence-corrected chi connectivity index (χ1v) is 6.55. The monoisotopic (exact) mass is 211 g/mol. The third kappa shape index (κ3) is 2.52. The van der Waals surface area contributed by atoms with E-state index in [-0.39, 0.29) is 0 Å². The predicted octanol–water partition coefficient (Wildman–Crippen LogP) is 0.764. The molecule has 15 heavy (non-hydrogen) atoms.